The van der Waals surface area contributed by atoms with Crippen molar-refractivity contribution in [1.82, 2.24) is 24.4 Å². The fourth-order valence-corrected chi connectivity index (χ4v) is 3.27. The van der Waals surface area contributed by atoms with Gasteiger partial charge in [0, 0.05) is 32.0 Å². The van der Waals surface area contributed by atoms with E-state index in [1.54, 1.807) is 41.6 Å². The van der Waals surface area contributed by atoms with E-state index in [-0.39, 0.29) is 11.1 Å². The molecule has 0 fully saturated rings. The number of hydrogen-bond acceptors (Lipinski definition) is 6. The molecule has 3 heterocycles. The molecule has 0 aliphatic heterocycles. The Morgan fingerprint density at radius 2 is 1.86 bits per heavy atom. The van der Waals surface area contributed by atoms with Gasteiger partial charge in [-0.15, -0.1) is 10.2 Å². The van der Waals surface area contributed by atoms with E-state index in [2.05, 4.69) is 15.3 Å². The molecule has 0 aliphatic carbocycles. The van der Waals surface area contributed by atoms with Crippen LogP contribution >= 0.6 is 11.6 Å². The van der Waals surface area contributed by atoms with Crippen LogP contribution in [0.4, 0.5) is 0 Å². The van der Waals surface area contributed by atoms with Crippen LogP contribution in [0.5, 0.6) is 0 Å². The van der Waals surface area contributed by atoms with Gasteiger partial charge in [-0.3, -0.25) is 4.79 Å². The molecule has 144 valence electrons. The molecule has 8 nitrogen and oxygen atoms in total. The van der Waals surface area contributed by atoms with Crippen molar-refractivity contribution in [2.45, 2.75) is 13.2 Å². The molecular weight excluding hydrogens is 382 g/mol. The van der Waals surface area contributed by atoms with Crippen molar-refractivity contribution in [3.05, 3.63) is 57.6 Å². The first-order chi connectivity index (χ1) is 13.6. The third-order valence-electron chi connectivity index (χ3n) is 4.48. The summed E-state index contributed by atoms with van der Waals surface area (Å²) in [6.07, 6.45) is 1.71. The molecule has 9 heteroatoms. The lowest BCUT2D eigenvalue weighted by Gasteiger charge is -2.06. The molecule has 28 heavy (non-hydrogen) atoms. The first-order valence-electron chi connectivity index (χ1n) is 8.65. The highest BCUT2D eigenvalue weighted by Gasteiger charge is 2.19. The number of pyridine rings is 1. The first kappa shape index (κ1) is 18.5. The number of methoxy groups -OCH3 is 2. The zero-order chi connectivity index (χ0) is 19.7. The van der Waals surface area contributed by atoms with Gasteiger partial charge in [0.15, 0.2) is 11.2 Å². The van der Waals surface area contributed by atoms with Crippen LogP contribution in [0.1, 0.15) is 5.69 Å². The number of fused-ring (bicyclic) bond motifs is 3. The number of benzene rings is 1. The molecule has 1 aromatic carbocycles. The molecule has 0 radical (unpaired) electrons. The highest BCUT2D eigenvalue weighted by atomic mass is 35.5. The Balaban J connectivity index is 1.96. The standard InChI is InChI=1S/C19H18ClN5O3/c1-27-10-9-24-8-7-15-17(19(24)26)21-22-18-16(12-3-5-13(20)6-4-12)14(11-28-2)23-25(15)18/h3-8H,9-11H2,1-2H3. The van der Waals surface area contributed by atoms with Crippen LogP contribution in [0.25, 0.3) is 27.8 Å². The quantitative estimate of drug-likeness (QED) is 0.495. The van der Waals surface area contributed by atoms with E-state index in [4.69, 9.17) is 21.1 Å². The van der Waals surface area contributed by atoms with Crippen molar-refractivity contribution < 1.29 is 9.47 Å². The average molecular weight is 400 g/mol. The highest BCUT2D eigenvalue weighted by molar-refractivity contribution is 6.30. The normalized spacial score (nSPS) is 11.5. The van der Waals surface area contributed by atoms with Crippen molar-refractivity contribution in [3.63, 3.8) is 0 Å². The second-order valence-corrected chi connectivity index (χ2v) is 6.67. The van der Waals surface area contributed by atoms with Crippen LogP contribution in [-0.2, 0) is 22.6 Å². The lowest BCUT2D eigenvalue weighted by atomic mass is 10.1. The Labute approximate surface area is 165 Å². The van der Waals surface area contributed by atoms with Crippen LogP contribution in [0.15, 0.2) is 41.3 Å². The molecular formula is C19H18ClN5O3. The summed E-state index contributed by atoms with van der Waals surface area (Å²) in [5.41, 5.74) is 3.55. The Bertz CT molecular complexity index is 1200. The molecule has 0 saturated carbocycles. The van der Waals surface area contributed by atoms with Crippen molar-refractivity contribution >= 4 is 28.3 Å². The minimum atomic E-state index is -0.235. The summed E-state index contributed by atoms with van der Waals surface area (Å²) in [7, 11) is 3.20. The zero-order valence-electron chi connectivity index (χ0n) is 15.4. The monoisotopic (exact) mass is 399 g/mol. The predicted octanol–water partition coefficient (Wildman–Crippen LogP) is 2.55. The van der Waals surface area contributed by atoms with E-state index in [0.717, 1.165) is 11.1 Å². The van der Waals surface area contributed by atoms with Gasteiger partial charge in [-0.25, -0.2) is 4.52 Å². The number of hydrogen-bond donors (Lipinski definition) is 0. The molecule has 0 saturated heterocycles. The molecule has 0 amide bonds. The van der Waals surface area contributed by atoms with E-state index in [0.29, 0.717) is 41.6 Å². The van der Waals surface area contributed by atoms with Crippen molar-refractivity contribution in [1.29, 1.82) is 0 Å². The SMILES string of the molecule is COCCn1ccc2c(nnc3c(-c4ccc(Cl)cc4)c(COC)nn32)c1=O. The maximum atomic E-state index is 12.7. The average Bonchev–Trinajstić information content (AvgIpc) is 3.07. The molecule has 0 bridgehead atoms. The summed E-state index contributed by atoms with van der Waals surface area (Å²) in [6.45, 7) is 1.17. The zero-order valence-corrected chi connectivity index (χ0v) is 16.2. The van der Waals surface area contributed by atoms with Crippen LogP contribution in [0.3, 0.4) is 0 Å². The van der Waals surface area contributed by atoms with Gasteiger partial charge >= 0.3 is 0 Å². The number of halogens is 1. The number of aromatic nitrogens is 5. The molecule has 4 rings (SSSR count). The third kappa shape index (κ3) is 3.15. The number of nitrogens with zero attached hydrogens (tertiary/aromatic N) is 5. The van der Waals surface area contributed by atoms with E-state index in [1.807, 2.05) is 18.2 Å². The summed E-state index contributed by atoms with van der Waals surface area (Å²) >= 11 is 6.02. The van der Waals surface area contributed by atoms with Crippen molar-refractivity contribution in [3.8, 4) is 11.1 Å². The van der Waals surface area contributed by atoms with Crippen molar-refractivity contribution in [2.75, 3.05) is 20.8 Å². The summed E-state index contributed by atoms with van der Waals surface area (Å²) in [6, 6.07) is 9.21. The molecule has 0 spiro atoms. The van der Waals surface area contributed by atoms with E-state index < -0.39 is 0 Å². The summed E-state index contributed by atoms with van der Waals surface area (Å²) in [5.74, 6) is 0. The van der Waals surface area contributed by atoms with E-state index in [9.17, 15) is 4.79 Å². The van der Waals surface area contributed by atoms with Crippen LogP contribution in [-0.4, -0.2) is 45.2 Å². The lowest BCUT2D eigenvalue weighted by Crippen LogP contribution is -2.23. The Morgan fingerprint density at radius 1 is 1.07 bits per heavy atom. The number of ether oxygens (including phenoxy) is 2. The third-order valence-corrected chi connectivity index (χ3v) is 4.73. The van der Waals surface area contributed by atoms with E-state index >= 15 is 0 Å². The van der Waals surface area contributed by atoms with Gasteiger partial charge in [-0.2, -0.15) is 5.10 Å². The fraction of sp³-hybridized carbons (Fsp3) is 0.263. The second-order valence-electron chi connectivity index (χ2n) is 6.24. The van der Waals surface area contributed by atoms with Gasteiger partial charge in [0.05, 0.1) is 24.5 Å². The van der Waals surface area contributed by atoms with Gasteiger partial charge in [0.2, 0.25) is 0 Å². The summed E-state index contributed by atoms with van der Waals surface area (Å²) < 4.78 is 13.6. The van der Waals surface area contributed by atoms with E-state index in [1.165, 1.54) is 0 Å². The molecule has 0 N–H and O–H groups in total. The lowest BCUT2D eigenvalue weighted by molar-refractivity contribution is 0.181. The van der Waals surface area contributed by atoms with Gasteiger partial charge in [-0.1, -0.05) is 23.7 Å². The van der Waals surface area contributed by atoms with Gasteiger partial charge in [0.1, 0.15) is 5.52 Å². The second kappa shape index (κ2) is 7.67. The maximum absolute atomic E-state index is 12.7. The largest absolute Gasteiger partial charge is 0.383 e. The van der Waals surface area contributed by atoms with Crippen LogP contribution < -0.4 is 5.56 Å². The predicted molar refractivity (Wildman–Crippen MR) is 106 cm³/mol. The minimum Gasteiger partial charge on any atom is -0.383 e. The van der Waals surface area contributed by atoms with Gasteiger partial charge < -0.3 is 14.0 Å². The first-order valence-corrected chi connectivity index (χ1v) is 9.03. The van der Waals surface area contributed by atoms with Crippen molar-refractivity contribution in [2.24, 2.45) is 0 Å². The molecule has 0 unspecified atom stereocenters. The smallest absolute Gasteiger partial charge is 0.280 e. The summed E-state index contributed by atoms with van der Waals surface area (Å²) in [5, 5.41) is 13.8. The van der Waals surface area contributed by atoms with Gasteiger partial charge in [-0.05, 0) is 23.8 Å². The highest BCUT2D eigenvalue weighted by Crippen LogP contribution is 2.29. The molecule has 0 aliphatic rings. The Morgan fingerprint density at radius 3 is 2.57 bits per heavy atom. The Hall–Kier alpha value is -2.81. The van der Waals surface area contributed by atoms with Crippen LogP contribution in [0, 0.1) is 0 Å². The fourth-order valence-electron chi connectivity index (χ4n) is 3.14. The maximum Gasteiger partial charge on any atom is 0.280 e. The summed E-state index contributed by atoms with van der Waals surface area (Å²) in [4.78, 5) is 12.7. The molecule has 4 aromatic rings. The minimum absolute atomic E-state index is 0.235. The topological polar surface area (TPSA) is 83.5 Å². The Kier molecular flexibility index (Phi) is 5.08. The molecule has 0 atom stereocenters. The van der Waals surface area contributed by atoms with Crippen LogP contribution in [0.2, 0.25) is 5.02 Å². The number of rotatable bonds is 6. The molecule has 3 aromatic heterocycles. The van der Waals surface area contributed by atoms with Gasteiger partial charge in [0.25, 0.3) is 5.56 Å².